The topological polar surface area (TPSA) is 48.0 Å². The van der Waals surface area contributed by atoms with E-state index in [1.165, 1.54) is 0 Å². The summed E-state index contributed by atoms with van der Waals surface area (Å²) in [6.07, 6.45) is 0.513. The second-order valence-corrected chi connectivity index (χ2v) is 5.15. The van der Waals surface area contributed by atoms with Crippen molar-refractivity contribution in [3.05, 3.63) is 23.8 Å². The zero-order valence-corrected chi connectivity index (χ0v) is 13.5. The number of hydrogen-bond acceptors (Lipinski definition) is 5. The highest BCUT2D eigenvalue weighted by atomic mass is 16.5. The van der Waals surface area contributed by atoms with Gasteiger partial charge in [0.1, 0.15) is 0 Å². The molecule has 0 spiro atoms. The minimum atomic E-state index is 0.135. The smallest absolute Gasteiger partial charge is 0.164 e. The van der Waals surface area contributed by atoms with Crippen molar-refractivity contribution in [3.63, 3.8) is 0 Å². The van der Waals surface area contributed by atoms with E-state index in [9.17, 15) is 4.79 Å². The number of nitrogens with zero attached hydrogens (tertiary/aromatic N) is 1. The molecule has 0 unspecified atom stereocenters. The van der Waals surface area contributed by atoms with Crippen molar-refractivity contribution in [1.29, 1.82) is 0 Å². The van der Waals surface area contributed by atoms with Crippen molar-refractivity contribution in [2.24, 2.45) is 0 Å². The Morgan fingerprint density at radius 2 is 1.82 bits per heavy atom. The molecule has 0 amide bonds. The zero-order valence-electron chi connectivity index (χ0n) is 13.5. The van der Waals surface area contributed by atoms with Crippen LogP contribution in [0.2, 0.25) is 0 Å². The Morgan fingerprint density at radius 3 is 2.50 bits per heavy atom. The van der Waals surface area contributed by atoms with Crippen LogP contribution in [0.15, 0.2) is 18.2 Å². The molecule has 0 aliphatic carbocycles. The van der Waals surface area contributed by atoms with E-state index in [4.69, 9.17) is 14.2 Å². The number of benzene rings is 1. The molecule has 0 saturated carbocycles. The first-order chi connectivity index (χ1) is 10.7. The van der Waals surface area contributed by atoms with Gasteiger partial charge in [-0.1, -0.05) is 0 Å². The first-order valence-corrected chi connectivity index (χ1v) is 7.97. The van der Waals surface area contributed by atoms with E-state index in [0.29, 0.717) is 36.7 Å². The van der Waals surface area contributed by atoms with E-state index < -0.39 is 0 Å². The maximum absolute atomic E-state index is 12.4. The van der Waals surface area contributed by atoms with Gasteiger partial charge in [0, 0.05) is 31.6 Å². The van der Waals surface area contributed by atoms with E-state index in [2.05, 4.69) is 4.90 Å². The van der Waals surface area contributed by atoms with Gasteiger partial charge in [0.05, 0.1) is 26.4 Å². The van der Waals surface area contributed by atoms with Crippen LogP contribution in [-0.4, -0.2) is 56.7 Å². The molecule has 1 aliphatic rings. The fourth-order valence-electron chi connectivity index (χ4n) is 2.45. The van der Waals surface area contributed by atoms with Crippen LogP contribution in [0.4, 0.5) is 0 Å². The summed E-state index contributed by atoms with van der Waals surface area (Å²) in [7, 11) is 0. The number of morpholine rings is 1. The molecule has 2 rings (SSSR count). The van der Waals surface area contributed by atoms with Gasteiger partial charge >= 0.3 is 0 Å². The summed E-state index contributed by atoms with van der Waals surface area (Å²) in [5.74, 6) is 1.46. The van der Waals surface area contributed by atoms with E-state index in [0.717, 1.165) is 32.8 Å². The number of hydrogen-bond donors (Lipinski definition) is 0. The fourth-order valence-corrected chi connectivity index (χ4v) is 2.45. The SMILES string of the molecule is CCOc1ccc(C(=O)CCN2CCOCC2)cc1OCC. The lowest BCUT2D eigenvalue weighted by atomic mass is 10.1. The lowest BCUT2D eigenvalue weighted by molar-refractivity contribution is 0.0370. The van der Waals surface area contributed by atoms with Crippen molar-refractivity contribution >= 4 is 5.78 Å². The molecule has 0 N–H and O–H groups in total. The largest absolute Gasteiger partial charge is 0.490 e. The Morgan fingerprint density at radius 1 is 1.14 bits per heavy atom. The first kappa shape index (κ1) is 16.8. The molecule has 22 heavy (non-hydrogen) atoms. The molecule has 122 valence electrons. The third-order valence-electron chi connectivity index (χ3n) is 3.62. The molecule has 0 bridgehead atoms. The summed E-state index contributed by atoms with van der Waals surface area (Å²) in [4.78, 5) is 14.6. The molecular formula is C17H25NO4. The number of ketones is 1. The molecule has 1 fully saturated rings. The van der Waals surface area contributed by atoms with Gasteiger partial charge in [-0.2, -0.15) is 0 Å². The first-order valence-electron chi connectivity index (χ1n) is 7.97. The van der Waals surface area contributed by atoms with E-state index in [1.807, 2.05) is 26.0 Å². The van der Waals surface area contributed by atoms with Gasteiger partial charge in [0.25, 0.3) is 0 Å². The molecule has 5 nitrogen and oxygen atoms in total. The average molecular weight is 307 g/mol. The molecule has 1 heterocycles. The maximum Gasteiger partial charge on any atom is 0.164 e. The Bertz CT molecular complexity index is 484. The van der Waals surface area contributed by atoms with Crippen LogP contribution >= 0.6 is 0 Å². The van der Waals surface area contributed by atoms with Crippen LogP contribution in [-0.2, 0) is 4.74 Å². The van der Waals surface area contributed by atoms with Crippen LogP contribution in [0.25, 0.3) is 0 Å². The van der Waals surface area contributed by atoms with Crippen LogP contribution in [0.1, 0.15) is 30.6 Å². The Labute approximate surface area is 132 Å². The third kappa shape index (κ3) is 4.71. The standard InChI is InChI=1S/C17H25NO4/c1-3-21-16-6-5-14(13-17(16)22-4-2)15(19)7-8-18-9-11-20-12-10-18/h5-6,13H,3-4,7-12H2,1-2H3. The quantitative estimate of drug-likeness (QED) is 0.690. The monoisotopic (exact) mass is 307 g/mol. The lowest BCUT2D eigenvalue weighted by Crippen LogP contribution is -2.37. The van der Waals surface area contributed by atoms with Gasteiger partial charge in [0.15, 0.2) is 17.3 Å². The van der Waals surface area contributed by atoms with Crippen LogP contribution in [0.5, 0.6) is 11.5 Å². The highest BCUT2D eigenvalue weighted by molar-refractivity contribution is 5.96. The average Bonchev–Trinajstić information content (AvgIpc) is 2.55. The summed E-state index contributed by atoms with van der Waals surface area (Å²) >= 11 is 0. The number of ether oxygens (including phenoxy) is 3. The van der Waals surface area contributed by atoms with Crippen LogP contribution in [0, 0.1) is 0 Å². The minimum absolute atomic E-state index is 0.135. The Hall–Kier alpha value is -1.59. The van der Waals surface area contributed by atoms with Gasteiger partial charge in [-0.05, 0) is 32.0 Å². The van der Waals surface area contributed by atoms with Gasteiger partial charge in [-0.3, -0.25) is 9.69 Å². The Balaban J connectivity index is 1.97. The van der Waals surface area contributed by atoms with Gasteiger partial charge in [-0.15, -0.1) is 0 Å². The van der Waals surface area contributed by atoms with Crippen molar-refractivity contribution in [1.82, 2.24) is 4.90 Å². The number of Topliss-reactive ketones (excluding diaryl/α,β-unsaturated/α-hetero) is 1. The summed E-state index contributed by atoms with van der Waals surface area (Å²) in [5, 5.41) is 0. The fraction of sp³-hybridized carbons (Fsp3) is 0.588. The second-order valence-electron chi connectivity index (χ2n) is 5.15. The minimum Gasteiger partial charge on any atom is -0.490 e. The molecule has 0 radical (unpaired) electrons. The van der Waals surface area contributed by atoms with E-state index in [1.54, 1.807) is 6.07 Å². The van der Waals surface area contributed by atoms with Crippen molar-refractivity contribution < 1.29 is 19.0 Å². The summed E-state index contributed by atoms with van der Waals surface area (Å²) in [5.41, 5.74) is 0.681. The highest BCUT2D eigenvalue weighted by Gasteiger charge is 2.15. The zero-order chi connectivity index (χ0) is 15.8. The molecule has 1 aromatic rings. The third-order valence-corrected chi connectivity index (χ3v) is 3.62. The number of carbonyl (C=O) groups excluding carboxylic acids is 1. The molecule has 0 atom stereocenters. The second kappa shape index (κ2) is 8.76. The van der Waals surface area contributed by atoms with Crippen LogP contribution < -0.4 is 9.47 Å². The molecule has 5 heteroatoms. The molecule has 1 aromatic carbocycles. The van der Waals surface area contributed by atoms with Gasteiger partial charge < -0.3 is 14.2 Å². The van der Waals surface area contributed by atoms with Crippen molar-refractivity contribution in [2.45, 2.75) is 20.3 Å². The number of rotatable bonds is 8. The summed E-state index contributed by atoms with van der Waals surface area (Å²) < 4.78 is 16.4. The molecular weight excluding hydrogens is 282 g/mol. The van der Waals surface area contributed by atoms with E-state index in [-0.39, 0.29) is 5.78 Å². The summed E-state index contributed by atoms with van der Waals surface area (Å²) in [6, 6.07) is 5.42. The molecule has 1 aliphatic heterocycles. The lowest BCUT2D eigenvalue weighted by Gasteiger charge is -2.26. The van der Waals surface area contributed by atoms with Gasteiger partial charge in [0.2, 0.25) is 0 Å². The Kier molecular flexibility index (Phi) is 6.68. The van der Waals surface area contributed by atoms with E-state index >= 15 is 0 Å². The summed E-state index contributed by atoms with van der Waals surface area (Å²) in [6.45, 7) is 9.06. The molecule has 0 aromatic heterocycles. The number of carbonyl (C=O) groups is 1. The van der Waals surface area contributed by atoms with Crippen molar-refractivity contribution in [3.8, 4) is 11.5 Å². The maximum atomic E-state index is 12.4. The van der Waals surface area contributed by atoms with Crippen LogP contribution in [0.3, 0.4) is 0 Å². The predicted octanol–water partition coefficient (Wildman–Crippen LogP) is 2.39. The van der Waals surface area contributed by atoms with Gasteiger partial charge in [-0.25, -0.2) is 0 Å². The normalized spacial score (nSPS) is 15.5. The van der Waals surface area contributed by atoms with Crippen molar-refractivity contribution in [2.75, 3.05) is 46.1 Å². The molecule has 1 saturated heterocycles. The highest BCUT2D eigenvalue weighted by Crippen LogP contribution is 2.29. The predicted molar refractivity (Wildman–Crippen MR) is 85.0 cm³/mol.